The molecule has 0 aliphatic rings. The summed E-state index contributed by atoms with van der Waals surface area (Å²) in [4.78, 5) is 28.7. The Kier molecular flexibility index (Phi) is 6.78. The molecule has 0 fully saturated rings. The summed E-state index contributed by atoms with van der Waals surface area (Å²) in [6.45, 7) is 3.57. The molecule has 4 aromatic rings. The maximum absolute atomic E-state index is 12.3. The highest BCUT2D eigenvalue weighted by Gasteiger charge is 2.15. The summed E-state index contributed by atoms with van der Waals surface area (Å²) < 4.78 is 10.3. The van der Waals surface area contributed by atoms with Crippen LogP contribution in [0.15, 0.2) is 71.3 Å². The first-order valence-corrected chi connectivity index (χ1v) is 10.8. The molecule has 1 N–H and O–H groups in total. The zero-order valence-corrected chi connectivity index (χ0v) is 18.6. The van der Waals surface area contributed by atoms with Gasteiger partial charge in [-0.15, -0.1) is 0 Å². The third-order valence-corrected chi connectivity index (χ3v) is 5.35. The number of carbonyl (C=O) groups excluding carboxylic acids is 2. The van der Waals surface area contributed by atoms with Gasteiger partial charge < -0.3 is 14.6 Å². The predicted molar refractivity (Wildman–Crippen MR) is 124 cm³/mol. The molecule has 1 amide bonds. The standard InChI is InChI=1S/C26H25N3O4/c1-17-10-12-20(13-11-17)26-28-24(33-29-26)14-15-25(31)32-16-23(30)27-18(2)21-9-5-7-19-6-3-4-8-22(19)21/h3-13,18H,14-16H2,1-2H3,(H,27,30). The van der Waals surface area contributed by atoms with E-state index in [9.17, 15) is 9.59 Å². The van der Waals surface area contributed by atoms with E-state index in [0.717, 1.165) is 27.5 Å². The zero-order chi connectivity index (χ0) is 23.2. The van der Waals surface area contributed by atoms with E-state index < -0.39 is 5.97 Å². The molecule has 0 bridgehead atoms. The molecule has 3 aromatic carbocycles. The van der Waals surface area contributed by atoms with Crippen LogP contribution >= 0.6 is 0 Å². The monoisotopic (exact) mass is 443 g/mol. The number of carbonyl (C=O) groups is 2. The van der Waals surface area contributed by atoms with E-state index in [1.165, 1.54) is 0 Å². The summed E-state index contributed by atoms with van der Waals surface area (Å²) in [5.41, 5.74) is 2.99. The van der Waals surface area contributed by atoms with Crippen LogP contribution in [0, 0.1) is 6.92 Å². The maximum atomic E-state index is 12.3. The van der Waals surface area contributed by atoms with Gasteiger partial charge in [-0.1, -0.05) is 77.5 Å². The molecule has 168 valence electrons. The Morgan fingerprint density at radius 2 is 1.79 bits per heavy atom. The average Bonchev–Trinajstić information content (AvgIpc) is 3.30. The molecular weight excluding hydrogens is 418 g/mol. The van der Waals surface area contributed by atoms with Crippen LogP contribution in [0.2, 0.25) is 0 Å². The van der Waals surface area contributed by atoms with Gasteiger partial charge in [0.2, 0.25) is 11.7 Å². The van der Waals surface area contributed by atoms with Crippen molar-refractivity contribution in [2.24, 2.45) is 0 Å². The number of hydrogen-bond donors (Lipinski definition) is 1. The lowest BCUT2D eigenvalue weighted by Crippen LogP contribution is -2.31. The Morgan fingerprint density at radius 1 is 1.03 bits per heavy atom. The summed E-state index contributed by atoms with van der Waals surface area (Å²) in [7, 11) is 0. The fourth-order valence-corrected chi connectivity index (χ4v) is 3.59. The number of ether oxygens (including phenoxy) is 1. The normalized spacial score (nSPS) is 11.8. The number of esters is 1. The number of rotatable bonds is 8. The largest absolute Gasteiger partial charge is 0.456 e. The number of benzene rings is 3. The van der Waals surface area contributed by atoms with Crippen molar-refractivity contribution in [2.75, 3.05) is 6.61 Å². The van der Waals surface area contributed by atoms with Gasteiger partial charge >= 0.3 is 5.97 Å². The van der Waals surface area contributed by atoms with Crippen LogP contribution in [0.3, 0.4) is 0 Å². The number of aromatic nitrogens is 2. The number of fused-ring (bicyclic) bond motifs is 1. The fraction of sp³-hybridized carbons (Fsp3) is 0.231. The van der Waals surface area contributed by atoms with Crippen molar-refractivity contribution in [3.8, 4) is 11.4 Å². The lowest BCUT2D eigenvalue weighted by molar-refractivity contribution is -0.148. The third-order valence-electron chi connectivity index (χ3n) is 5.35. The lowest BCUT2D eigenvalue weighted by Gasteiger charge is -2.16. The van der Waals surface area contributed by atoms with E-state index in [-0.39, 0.29) is 31.4 Å². The Balaban J connectivity index is 1.24. The molecule has 7 heteroatoms. The third kappa shape index (κ3) is 5.63. The molecule has 33 heavy (non-hydrogen) atoms. The molecule has 4 rings (SSSR count). The van der Waals surface area contributed by atoms with Crippen LogP contribution in [0.4, 0.5) is 0 Å². The molecule has 0 radical (unpaired) electrons. The molecule has 0 saturated carbocycles. The van der Waals surface area contributed by atoms with Gasteiger partial charge in [-0.25, -0.2) is 0 Å². The summed E-state index contributed by atoms with van der Waals surface area (Å²) in [6, 6.07) is 21.5. The van der Waals surface area contributed by atoms with Gasteiger partial charge in [-0.05, 0) is 30.2 Å². The highest BCUT2D eigenvalue weighted by molar-refractivity contribution is 5.87. The first-order valence-electron chi connectivity index (χ1n) is 10.8. The van der Waals surface area contributed by atoms with E-state index in [1.54, 1.807) is 0 Å². The first kappa shape index (κ1) is 22.2. The second kappa shape index (κ2) is 10.1. The Labute approximate surface area is 191 Å². The molecular formula is C26H25N3O4. The van der Waals surface area contributed by atoms with E-state index >= 15 is 0 Å². The summed E-state index contributed by atoms with van der Waals surface area (Å²) in [6.07, 6.45) is 0.285. The van der Waals surface area contributed by atoms with Crippen molar-refractivity contribution < 1.29 is 18.8 Å². The predicted octanol–water partition coefficient (Wildman–Crippen LogP) is 4.55. The van der Waals surface area contributed by atoms with Crippen LogP contribution in [-0.2, 0) is 20.7 Å². The smallest absolute Gasteiger partial charge is 0.306 e. The summed E-state index contributed by atoms with van der Waals surface area (Å²) >= 11 is 0. The molecule has 1 atom stereocenters. The minimum Gasteiger partial charge on any atom is -0.456 e. The summed E-state index contributed by atoms with van der Waals surface area (Å²) in [5, 5.41) is 9.02. The van der Waals surface area contributed by atoms with Crippen molar-refractivity contribution in [3.63, 3.8) is 0 Å². The van der Waals surface area contributed by atoms with Crippen LogP contribution in [-0.4, -0.2) is 28.6 Å². The van der Waals surface area contributed by atoms with Crippen molar-refractivity contribution in [3.05, 3.63) is 83.7 Å². The fourth-order valence-electron chi connectivity index (χ4n) is 3.59. The number of hydrogen-bond acceptors (Lipinski definition) is 6. The van der Waals surface area contributed by atoms with E-state index in [2.05, 4.69) is 15.5 Å². The Bertz CT molecular complexity index is 1260. The number of aryl methyl sites for hydroxylation is 2. The van der Waals surface area contributed by atoms with Gasteiger partial charge in [0.25, 0.3) is 5.91 Å². The molecule has 7 nitrogen and oxygen atoms in total. The number of amides is 1. The lowest BCUT2D eigenvalue weighted by atomic mass is 10.00. The Hall–Kier alpha value is -4.00. The summed E-state index contributed by atoms with van der Waals surface area (Å²) in [5.74, 6) is -0.0435. The molecule has 0 aliphatic heterocycles. The SMILES string of the molecule is Cc1ccc(-c2noc(CCC(=O)OCC(=O)NC(C)c3cccc4ccccc34)n2)cc1. The highest BCUT2D eigenvalue weighted by atomic mass is 16.5. The van der Waals surface area contributed by atoms with E-state index in [4.69, 9.17) is 9.26 Å². The Morgan fingerprint density at radius 3 is 2.61 bits per heavy atom. The van der Waals surface area contributed by atoms with Gasteiger partial charge in [0.15, 0.2) is 6.61 Å². The minimum absolute atomic E-state index is 0.0433. The van der Waals surface area contributed by atoms with Gasteiger partial charge in [0.1, 0.15) is 0 Å². The number of nitrogens with zero attached hydrogens (tertiary/aromatic N) is 2. The van der Waals surface area contributed by atoms with Crippen molar-refractivity contribution in [2.45, 2.75) is 32.7 Å². The second-order valence-electron chi connectivity index (χ2n) is 7.90. The first-order chi connectivity index (χ1) is 16.0. The molecule has 1 heterocycles. The van der Waals surface area contributed by atoms with Crippen LogP contribution in [0.25, 0.3) is 22.2 Å². The van der Waals surface area contributed by atoms with Crippen molar-refractivity contribution in [1.82, 2.24) is 15.5 Å². The molecule has 1 unspecified atom stereocenters. The molecule has 0 spiro atoms. The highest BCUT2D eigenvalue weighted by Crippen LogP contribution is 2.24. The quantitative estimate of drug-likeness (QED) is 0.402. The zero-order valence-electron chi connectivity index (χ0n) is 18.6. The second-order valence-corrected chi connectivity index (χ2v) is 7.90. The van der Waals surface area contributed by atoms with Crippen LogP contribution in [0.1, 0.15) is 36.4 Å². The average molecular weight is 444 g/mol. The van der Waals surface area contributed by atoms with Crippen LogP contribution in [0.5, 0.6) is 0 Å². The van der Waals surface area contributed by atoms with E-state index in [0.29, 0.717) is 11.7 Å². The maximum Gasteiger partial charge on any atom is 0.306 e. The molecule has 0 saturated heterocycles. The molecule has 0 aliphatic carbocycles. The van der Waals surface area contributed by atoms with Crippen molar-refractivity contribution >= 4 is 22.6 Å². The van der Waals surface area contributed by atoms with E-state index in [1.807, 2.05) is 80.6 Å². The molecule has 1 aromatic heterocycles. The van der Waals surface area contributed by atoms with Crippen LogP contribution < -0.4 is 5.32 Å². The number of nitrogens with one attached hydrogen (secondary N) is 1. The van der Waals surface area contributed by atoms with Gasteiger partial charge in [-0.3, -0.25) is 9.59 Å². The topological polar surface area (TPSA) is 94.3 Å². The van der Waals surface area contributed by atoms with Gasteiger partial charge in [0, 0.05) is 12.0 Å². The minimum atomic E-state index is -0.502. The van der Waals surface area contributed by atoms with Gasteiger partial charge in [-0.2, -0.15) is 4.98 Å². The van der Waals surface area contributed by atoms with Crippen molar-refractivity contribution in [1.29, 1.82) is 0 Å². The van der Waals surface area contributed by atoms with Gasteiger partial charge in [0.05, 0.1) is 12.5 Å².